The smallest absolute Gasteiger partial charge is 0.254 e. The van der Waals surface area contributed by atoms with Gasteiger partial charge in [0, 0.05) is 43.4 Å². The minimum atomic E-state index is -1.07. The van der Waals surface area contributed by atoms with Crippen molar-refractivity contribution in [3.05, 3.63) is 106 Å². The molecule has 3 aromatic carbocycles. The summed E-state index contributed by atoms with van der Waals surface area (Å²) in [5.74, 6) is -2.12. The average molecular weight is 622 g/mol. The largest absolute Gasteiger partial charge is 0.390 e. The molecule has 1 aliphatic rings. The van der Waals surface area contributed by atoms with Gasteiger partial charge in [0.2, 0.25) is 0 Å². The van der Waals surface area contributed by atoms with Crippen LogP contribution in [0.25, 0.3) is 0 Å². The van der Waals surface area contributed by atoms with E-state index in [9.17, 15) is 23.5 Å². The number of benzene rings is 3. The topological polar surface area (TPSA) is 90.9 Å². The van der Waals surface area contributed by atoms with Crippen molar-refractivity contribution in [2.24, 2.45) is 0 Å². The predicted octanol–water partition coefficient (Wildman–Crippen LogP) is 5.36. The molecule has 3 N–H and O–H groups in total. The van der Waals surface area contributed by atoms with Gasteiger partial charge in [0.15, 0.2) is 0 Å². The highest BCUT2D eigenvalue weighted by Gasteiger charge is 2.30. The average Bonchev–Trinajstić information content (AvgIpc) is 3.48. The highest BCUT2D eigenvalue weighted by molar-refractivity contribution is 6.00. The van der Waals surface area contributed by atoms with E-state index in [4.69, 9.17) is 4.74 Å². The third-order valence-corrected chi connectivity index (χ3v) is 8.12. The Hall–Kier alpha value is -3.66. The number of aryl methyl sites for hydroxylation is 2. The summed E-state index contributed by atoms with van der Waals surface area (Å²) in [6, 6.07) is 15.4. The molecule has 7 nitrogen and oxygen atoms in total. The SMILES string of the molecule is CCCOC[C@H]1CCCN1C(=O)c1cc(C)cc(C(=O)N[C@@H](Cc2cc(F)cc(F)c2)[C@@H](O)CNCc2cccc(CC)c2)c1. The summed E-state index contributed by atoms with van der Waals surface area (Å²) in [5, 5.41) is 17.3. The van der Waals surface area contributed by atoms with Gasteiger partial charge in [-0.1, -0.05) is 38.1 Å². The van der Waals surface area contributed by atoms with Crippen LogP contribution in [0.15, 0.2) is 60.7 Å². The van der Waals surface area contributed by atoms with Gasteiger partial charge < -0.3 is 25.4 Å². The van der Waals surface area contributed by atoms with Crippen LogP contribution in [0, 0.1) is 18.6 Å². The predicted molar refractivity (Wildman–Crippen MR) is 171 cm³/mol. The number of carbonyl (C=O) groups excluding carboxylic acids is 2. The Morgan fingerprint density at radius 1 is 1.00 bits per heavy atom. The minimum Gasteiger partial charge on any atom is -0.390 e. The van der Waals surface area contributed by atoms with Gasteiger partial charge in [-0.15, -0.1) is 0 Å². The first-order chi connectivity index (χ1) is 21.7. The highest BCUT2D eigenvalue weighted by atomic mass is 19.1. The van der Waals surface area contributed by atoms with Crippen LogP contribution in [0.4, 0.5) is 8.78 Å². The number of halogens is 2. The molecular formula is C36H45F2N3O4. The molecule has 45 heavy (non-hydrogen) atoms. The molecule has 242 valence electrons. The van der Waals surface area contributed by atoms with E-state index < -0.39 is 29.7 Å². The number of aliphatic hydroxyl groups excluding tert-OH is 1. The zero-order valence-electron chi connectivity index (χ0n) is 26.5. The fourth-order valence-electron chi connectivity index (χ4n) is 5.83. The third kappa shape index (κ3) is 9.91. The molecule has 1 heterocycles. The Balaban J connectivity index is 1.49. The fraction of sp³-hybridized carbons (Fsp3) is 0.444. The first-order valence-corrected chi connectivity index (χ1v) is 15.9. The number of rotatable bonds is 15. The van der Waals surface area contributed by atoms with E-state index in [0.29, 0.717) is 37.4 Å². The van der Waals surface area contributed by atoms with Crippen LogP contribution >= 0.6 is 0 Å². The van der Waals surface area contributed by atoms with Crippen LogP contribution < -0.4 is 10.6 Å². The second-order valence-electron chi connectivity index (χ2n) is 11.9. The van der Waals surface area contributed by atoms with Crippen LogP contribution in [0.5, 0.6) is 0 Å². The van der Waals surface area contributed by atoms with E-state index in [0.717, 1.165) is 42.9 Å². The minimum absolute atomic E-state index is 0.000588. The molecule has 0 aliphatic carbocycles. The summed E-state index contributed by atoms with van der Waals surface area (Å²) in [5.41, 5.74) is 3.98. The summed E-state index contributed by atoms with van der Waals surface area (Å²) >= 11 is 0. The number of amides is 2. The lowest BCUT2D eigenvalue weighted by molar-refractivity contribution is 0.0540. The van der Waals surface area contributed by atoms with Crippen molar-refractivity contribution in [1.29, 1.82) is 0 Å². The lowest BCUT2D eigenvalue weighted by Gasteiger charge is -2.26. The van der Waals surface area contributed by atoms with Crippen molar-refractivity contribution < 1.29 is 28.2 Å². The maximum Gasteiger partial charge on any atom is 0.254 e. The van der Waals surface area contributed by atoms with Crippen LogP contribution in [0.1, 0.15) is 76.1 Å². The number of ether oxygens (including phenoxy) is 1. The lowest BCUT2D eigenvalue weighted by Crippen LogP contribution is -2.48. The summed E-state index contributed by atoms with van der Waals surface area (Å²) in [7, 11) is 0. The van der Waals surface area contributed by atoms with E-state index in [1.807, 2.05) is 30.9 Å². The number of likely N-dealkylation sites (tertiary alicyclic amines) is 1. The van der Waals surface area contributed by atoms with Crippen LogP contribution in [-0.2, 0) is 24.1 Å². The second-order valence-corrected chi connectivity index (χ2v) is 11.9. The second kappa shape index (κ2) is 16.6. The van der Waals surface area contributed by atoms with E-state index in [-0.39, 0.29) is 30.5 Å². The Labute approximate surface area is 265 Å². The number of nitrogens with one attached hydrogen (secondary N) is 2. The molecule has 3 aromatic rings. The lowest BCUT2D eigenvalue weighted by atomic mass is 9.99. The maximum atomic E-state index is 14.0. The molecule has 9 heteroatoms. The number of hydrogen-bond donors (Lipinski definition) is 3. The standard InChI is InChI=1S/C36H45F2N3O4/c1-4-12-45-23-32-10-7-11-41(32)36(44)29-14-24(3)13-28(19-29)35(43)40-33(18-27-16-30(37)20-31(38)17-27)34(42)22-39-21-26-9-6-8-25(5-2)15-26/h6,8-9,13-17,19-20,32-34,39,42H,4-5,7,10-12,18,21-23H2,1-3H3,(H,40,43)/t32-,33+,34+/m1/s1. The summed E-state index contributed by atoms with van der Waals surface area (Å²) in [4.78, 5) is 29.0. The maximum absolute atomic E-state index is 14.0. The van der Waals surface area contributed by atoms with Gasteiger partial charge in [-0.2, -0.15) is 0 Å². The fourth-order valence-corrected chi connectivity index (χ4v) is 5.83. The molecule has 1 fully saturated rings. The zero-order chi connectivity index (χ0) is 32.3. The van der Waals surface area contributed by atoms with Crippen LogP contribution in [0.3, 0.4) is 0 Å². The summed E-state index contributed by atoms with van der Waals surface area (Å²) < 4.78 is 33.8. The van der Waals surface area contributed by atoms with Gasteiger partial charge >= 0.3 is 0 Å². The zero-order valence-corrected chi connectivity index (χ0v) is 26.5. The molecule has 0 radical (unpaired) electrons. The first kappa shape index (κ1) is 34.2. The molecule has 0 spiro atoms. The molecule has 0 bridgehead atoms. The van der Waals surface area contributed by atoms with Crippen molar-refractivity contribution in [3.63, 3.8) is 0 Å². The number of carbonyl (C=O) groups is 2. The van der Waals surface area contributed by atoms with Crippen LogP contribution in [0.2, 0.25) is 0 Å². The Morgan fingerprint density at radius 3 is 2.47 bits per heavy atom. The number of hydrogen-bond acceptors (Lipinski definition) is 5. The van der Waals surface area contributed by atoms with Gasteiger partial charge in [0.1, 0.15) is 11.6 Å². The van der Waals surface area contributed by atoms with Crippen molar-refractivity contribution in [2.45, 2.75) is 77.6 Å². The van der Waals surface area contributed by atoms with Gasteiger partial charge in [-0.3, -0.25) is 9.59 Å². The summed E-state index contributed by atoms with van der Waals surface area (Å²) in [6.45, 7) is 8.33. The van der Waals surface area contributed by atoms with E-state index in [1.165, 1.54) is 17.7 Å². The molecule has 0 aromatic heterocycles. The highest BCUT2D eigenvalue weighted by Crippen LogP contribution is 2.22. The Morgan fingerprint density at radius 2 is 1.73 bits per heavy atom. The third-order valence-electron chi connectivity index (χ3n) is 8.12. The molecule has 1 aliphatic heterocycles. The molecule has 0 unspecified atom stereocenters. The van der Waals surface area contributed by atoms with Gasteiger partial charge in [0.05, 0.1) is 24.8 Å². The van der Waals surface area contributed by atoms with Crippen molar-refractivity contribution >= 4 is 11.8 Å². The molecular weight excluding hydrogens is 576 g/mol. The first-order valence-electron chi connectivity index (χ1n) is 15.9. The molecule has 1 saturated heterocycles. The van der Waals surface area contributed by atoms with Gasteiger partial charge in [0.25, 0.3) is 11.8 Å². The quantitative estimate of drug-likeness (QED) is 0.199. The van der Waals surface area contributed by atoms with Crippen LogP contribution in [-0.4, -0.2) is 66.3 Å². The summed E-state index contributed by atoms with van der Waals surface area (Å²) in [6.07, 6.45) is 2.50. The monoisotopic (exact) mass is 621 g/mol. The molecule has 2 amide bonds. The number of nitrogens with zero attached hydrogens (tertiary/aromatic N) is 1. The van der Waals surface area contributed by atoms with E-state index >= 15 is 0 Å². The number of aliphatic hydroxyl groups is 1. The normalized spacial score (nSPS) is 16.0. The molecule has 4 rings (SSSR count). The Kier molecular flexibility index (Phi) is 12.6. The van der Waals surface area contributed by atoms with Gasteiger partial charge in [-0.25, -0.2) is 8.78 Å². The van der Waals surface area contributed by atoms with Crippen molar-refractivity contribution in [3.8, 4) is 0 Å². The van der Waals surface area contributed by atoms with E-state index in [2.05, 4.69) is 29.7 Å². The van der Waals surface area contributed by atoms with Gasteiger partial charge in [-0.05, 0) is 91.6 Å². The molecule has 0 saturated carbocycles. The molecule has 3 atom stereocenters. The van der Waals surface area contributed by atoms with Crippen molar-refractivity contribution in [1.82, 2.24) is 15.5 Å². The van der Waals surface area contributed by atoms with Crippen molar-refractivity contribution in [2.75, 3.05) is 26.3 Å². The Bertz CT molecular complexity index is 1430. The van der Waals surface area contributed by atoms with E-state index in [1.54, 1.807) is 18.2 Å².